The summed E-state index contributed by atoms with van der Waals surface area (Å²) in [5.74, 6) is -0.146. The lowest BCUT2D eigenvalue weighted by Crippen LogP contribution is -2.19. The van der Waals surface area contributed by atoms with Crippen LogP contribution in [0.15, 0.2) is 46.3 Å². The summed E-state index contributed by atoms with van der Waals surface area (Å²) in [6, 6.07) is 11.5. The Bertz CT molecular complexity index is 997. The molecular formula is C21H19Cl2N3OS. The highest BCUT2D eigenvalue weighted by Crippen LogP contribution is 2.32. The molecule has 2 aromatic carbocycles. The van der Waals surface area contributed by atoms with Crippen molar-refractivity contribution >= 4 is 63.5 Å². The third kappa shape index (κ3) is 4.22. The van der Waals surface area contributed by atoms with Gasteiger partial charge in [-0.25, -0.2) is 4.99 Å². The predicted molar refractivity (Wildman–Crippen MR) is 120 cm³/mol. The summed E-state index contributed by atoms with van der Waals surface area (Å²) >= 11 is 13.3. The van der Waals surface area contributed by atoms with Crippen LogP contribution in [0.1, 0.15) is 24.0 Å². The van der Waals surface area contributed by atoms with Crippen LogP contribution in [0.5, 0.6) is 0 Å². The van der Waals surface area contributed by atoms with Gasteiger partial charge in [-0.05, 0) is 79.1 Å². The van der Waals surface area contributed by atoms with Gasteiger partial charge in [-0.15, -0.1) is 0 Å². The number of thioether (sulfide) groups is 1. The molecule has 0 unspecified atom stereocenters. The number of amides is 1. The molecule has 1 N–H and O–H groups in total. The second-order valence-corrected chi connectivity index (χ2v) is 8.66. The van der Waals surface area contributed by atoms with Crippen LogP contribution in [0.4, 0.5) is 11.4 Å². The number of hydrogen-bond acceptors (Lipinski definition) is 4. The topological polar surface area (TPSA) is 44.7 Å². The fourth-order valence-electron chi connectivity index (χ4n) is 3.29. The highest BCUT2D eigenvalue weighted by molar-refractivity contribution is 8.18. The van der Waals surface area contributed by atoms with Gasteiger partial charge >= 0.3 is 0 Å². The van der Waals surface area contributed by atoms with Gasteiger partial charge in [-0.3, -0.25) is 4.79 Å². The molecule has 4 rings (SSSR count). The Morgan fingerprint density at radius 1 is 1.11 bits per heavy atom. The standard InChI is InChI=1S/C21H19Cl2N3OS/c1-13-10-16(26-8-2-3-9-26)6-4-14(13)11-19-20(27)25-21(28-19)24-15-5-7-17(22)18(23)12-15/h4-7,10-12H,2-3,8-9H2,1H3,(H,24,25,27)/b19-11-. The molecule has 2 aliphatic rings. The van der Waals surface area contributed by atoms with Crippen molar-refractivity contribution in [2.24, 2.45) is 4.99 Å². The largest absolute Gasteiger partial charge is 0.372 e. The van der Waals surface area contributed by atoms with Crippen LogP contribution in [0.3, 0.4) is 0 Å². The maximum absolute atomic E-state index is 12.4. The molecule has 2 aliphatic heterocycles. The van der Waals surface area contributed by atoms with Crippen molar-refractivity contribution in [3.05, 3.63) is 62.5 Å². The van der Waals surface area contributed by atoms with E-state index in [2.05, 4.69) is 40.3 Å². The molecule has 0 radical (unpaired) electrons. The first-order valence-corrected chi connectivity index (χ1v) is 10.7. The minimum Gasteiger partial charge on any atom is -0.372 e. The molecule has 7 heteroatoms. The molecule has 4 nitrogen and oxygen atoms in total. The second kappa shape index (κ2) is 8.19. The SMILES string of the molecule is Cc1cc(N2CCCC2)ccc1/C=C1\SC(=Nc2ccc(Cl)c(Cl)c2)NC1=O. The van der Waals surface area contributed by atoms with Crippen LogP contribution in [0.25, 0.3) is 6.08 Å². The number of benzene rings is 2. The fourth-order valence-corrected chi connectivity index (χ4v) is 4.41. The molecule has 1 amide bonds. The van der Waals surface area contributed by atoms with E-state index >= 15 is 0 Å². The van der Waals surface area contributed by atoms with Gasteiger partial charge in [0.05, 0.1) is 20.6 Å². The zero-order valence-electron chi connectivity index (χ0n) is 15.3. The third-order valence-electron chi connectivity index (χ3n) is 4.80. The summed E-state index contributed by atoms with van der Waals surface area (Å²) in [5.41, 5.74) is 4.09. The Morgan fingerprint density at radius 3 is 2.61 bits per heavy atom. The number of anilines is 1. The summed E-state index contributed by atoms with van der Waals surface area (Å²) < 4.78 is 0. The number of amidine groups is 1. The molecule has 0 atom stereocenters. The molecule has 2 saturated heterocycles. The number of nitrogens with one attached hydrogen (secondary N) is 1. The average Bonchev–Trinajstić information content (AvgIpc) is 3.30. The number of halogens is 2. The molecule has 2 fully saturated rings. The van der Waals surface area contributed by atoms with Crippen LogP contribution >= 0.6 is 35.0 Å². The predicted octanol–water partition coefficient (Wildman–Crippen LogP) is 5.79. The van der Waals surface area contributed by atoms with Crippen LogP contribution < -0.4 is 10.2 Å². The van der Waals surface area contributed by atoms with E-state index < -0.39 is 0 Å². The summed E-state index contributed by atoms with van der Waals surface area (Å²) in [6.07, 6.45) is 4.42. The highest BCUT2D eigenvalue weighted by atomic mass is 35.5. The maximum atomic E-state index is 12.4. The molecule has 0 spiro atoms. The van der Waals surface area contributed by atoms with Crippen LogP contribution in [-0.4, -0.2) is 24.2 Å². The Labute approximate surface area is 178 Å². The average molecular weight is 432 g/mol. The molecule has 0 saturated carbocycles. The first-order valence-electron chi connectivity index (χ1n) is 9.10. The molecule has 0 bridgehead atoms. The lowest BCUT2D eigenvalue weighted by atomic mass is 10.1. The molecular weight excluding hydrogens is 413 g/mol. The quantitative estimate of drug-likeness (QED) is 0.624. The van der Waals surface area contributed by atoms with Gasteiger partial charge < -0.3 is 10.2 Å². The Hall–Kier alpha value is -1.95. The van der Waals surface area contributed by atoms with E-state index in [0.717, 1.165) is 24.2 Å². The Balaban J connectivity index is 1.54. The van der Waals surface area contributed by atoms with E-state index in [1.807, 2.05) is 6.08 Å². The second-order valence-electron chi connectivity index (χ2n) is 6.82. The lowest BCUT2D eigenvalue weighted by molar-refractivity contribution is -0.115. The summed E-state index contributed by atoms with van der Waals surface area (Å²) in [6.45, 7) is 4.31. The van der Waals surface area contributed by atoms with Gasteiger partial charge in [0.1, 0.15) is 0 Å². The molecule has 2 heterocycles. The summed E-state index contributed by atoms with van der Waals surface area (Å²) in [5, 5.41) is 4.24. The lowest BCUT2D eigenvalue weighted by Gasteiger charge is -2.18. The van der Waals surface area contributed by atoms with E-state index in [-0.39, 0.29) is 5.91 Å². The van der Waals surface area contributed by atoms with Crippen molar-refractivity contribution in [1.29, 1.82) is 0 Å². The van der Waals surface area contributed by atoms with Gasteiger partial charge in [-0.2, -0.15) is 0 Å². The number of aryl methyl sites for hydroxylation is 1. The maximum Gasteiger partial charge on any atom is 0.264 e. The van der Waals surface area contributed by atoms with Crippen molar-refractivity contribution < 1.29 is 4.79 Å². The number of rotatable bonds is 3. The van der Waals surface area contributed by atoms with Gasteiger partial charge in [0, 0.05) is 18.8 Å². The molecule has 144 valence electrons. The van der Waals surface area contributed by atoms with Crippen molar-refractivity contribution in [3.63, 3.8) is 0 Å². The van der Waals surface area contributed by atoms with Crippen LogP contribution in [0.2, 0.25) is 10.0 Å². The van der Waals surface area contributed by atoms with Crippen LogP contribution in [-0.2, 0) is 4.79 Å². The monoisotopic (exact) mass is 431 g/mol. The number of carbonyl (C=O) groups excluding carboxylic acids is 1. The van der Waals surface area contributed by atoms with Gasteiger partial charge in [0.15, 0.2) is 5.17 Å². The van der Waals surface area contributed by atoms with Crippen molar-refractivity contribution in [3.8, 4) is 0 Å². The minimum atomic E-state index is -0.146. The first kappa shape index (κ1) is 19.4. The zero-order chi connectivity index (χ0) is 19.7. The van der Waals surface area contributed by atoms with E-state index in [1.54, 1.807) is 18.2 Å². The highest BCUT2D eigenvalue weighted by Gasteiger charge is 2.24. The number of nitrogens with zero attached hydrogens (tertiary/aromatic N) is 2. The van der Waals surface area contributed by atoms with Crippen molar-refractivity contribution in [2.45, 2.75) is 19.8 Å². The van der Waals surface area contributed by atoms with Gasteiger partial charge in [0.2, 0.25) is 0 Å². The van der Waals surface area contributed by atoms with Crippen LogP contribution in [0, 0.1) is 6.92 Å². The smallest absolute Gasteiger partial charge is 0.264 e. The fraction of sp³-hybridized carbons (Fsp3) is 0.238. The van der Waals surface area contributed by atoms with E-state index in [0.29, 0.717) is 25.8 Å². The zero-order valence-corrected chi connectivity index (χ0v) is 17.7. The van der Waals surface area contributed by atoms with E-state index in [1.165, 1.54) is 30.3 Å². The van der Waals surface area contributed by atoms with Gasteiger partial charge in [0.25, 0.3) is 5.91 Å². The third-order valence-corrected chi connectivity index (χ3v) is 6.44. The van der Waals surface area contributed by atoms with Crippen molar-refractivity contribution in [2.75, 3.05) is 18.0 Å². The first-order chi connectivity index (χ1) is 13.5. The van der Waals surface area contributed by atoms with E-state index in [4.69, 9.17) is 23.2 Å². The molecule has 0 aliphatic carbocycles. The molecule has 0 aromatic heterocycles. The minimum absolute atomic E-state index is 0.146. The normalized spacial score (nSPS) is 19.7. The molecule has 2 aromatic rings. The number of hydrogen-bond donors (Lipinski definition) is 1. The number of carbonyl (C=O) groups is 1. The van der Waals surface area contributed by atoms with E-state index in [9.17, 15) is 4.79 Å². The van der Waals surface area contributed by atoms with Crippen molar-refractivity contribution in [1.82, 2.24) is 5.32 Å². The Kier molecular flexibility index (Phi) is 5.67. The number of aliphatic imine (C=N–C) groups is 1. The molecule has 28 heavy (non-hydrogen) atoms. The summed E-state index contributed by atoms with van der Waals surface area (Å²) in [7, 11) is 0. The Morgan fingerprint density at radius 2 is 1.89 bits per heavy atom. The summed E-state index contributed by atoms with van der Waals surface area (Å²) in [4.78, 5) is 19.8. The van der Waals surface area contributed by atoms with Gasteiger partial charge in [-0.1, -0.05) is 29.3 Å².